The Bertz CT molecular complexity index is 307. The molecular formula is C13H20N2. The topological polar surface area (TPSA) is 24.9 Å². The summed E-state index contributed by atoms with van der Waals surface area (Å²) in [6.07, 6.45) is 8.97. The molecule has 1 N–H and O–H groups in total. The smallest absolute Gasteiger partial charge is 0.0324 e. The number of rotatable bonds is 6. The lowest BCUT2D eigenvalue weighted by atomic mass is 9.97. The molecule has 1 aromatic heterocycles. The third-order valence-electron chi connectivity index (χ3n) is 2.71. The molecule has 1 rings (SSSR count). The molecule has 0 radical (unpaired) electrons. The molecule has 15 heavy (non-hydrogen) atoms. The van der Waals surface area contributed by atoms with E-state index in [1.54, 1.807) is 0 Å². The minimum absolute atomic E-state index is 0.418. The standard InChI is InChI=1S/C13H20N2/c1-4-6-7-13(14-3)12-8-9-15-10-11(12)5-2/h4,8-10,13-14H,1,5-7H2,2-3H3. The van der Waals surface area contributed by atoms with E-state index in [1.165, 1.54) is 11.1 Å². The maximum absolute atomic E-state index is 4.17. The summed E-state index contributed by atoms with van der Waals surface area (Å²) in [4.78, 5) is 4.17. The van der Waals surface area contributed by atoms with Crippen LogP contribution in [0.5, 0.6) is 0 Å². The normalized spacial score (nSPS) is 12.4. The van der Waals surface area contributed by atoms with Gasteiger partial charge in [-0.2, -0.15) is 0 Å². The van der Waals surface area contributed by atoms with E-state index in [1.807, 2.05) is 25.5 Å². The lowest BCUT2D eigenvalue weighted by molar-refractivity contribution is 0.550. The van der Waals surface area contributed by atoms with Crippen molar-refractivity contribution in [1.29, 1.82) is 0 Å². The number of aryl methyl sites for hydroxylation is 1. The first-order valence-corrected chi connectivity index (χ1v) is 5.54. The van der Waals surface area contributed by atoms with Gasteiger partial charge in [0.2, 0.25) is 0 Å². The Labute approximate surface area is 92.4 Å². The predicted octanol–water partition coefficient (Wildman–Crippen LogP) is 2.87. The van der Waals surface area contributed by atoms with Gasteiger partial charge in [0, 0.05) is 18.4 Å². The number of pyridine rings is 1. The zero-order valence-electron chi connectivity index (χ0n) is 9.66. The molecule has 1 unspecified atom stereocenters. The molecule has 0 spiro atoms. The Morgan fingerprint density at radius 2 is 2.40 bits per heavy atom. The quantitative estimate of drug-likeness (QED) is 0.721. The molecule has 1 heterocycles. The van der Waals surface area contributed by atoms with Gasteiger partial charge in [-0.25, -0.2) is 0 Å². The molecule has 2 heteroatoms. The molecule has 0 saturated heterocycles. The second-order valence-corrected chi connectivity index (χ2v) is 3.64. The van der Waals surface area contributed by atoms with Gasteiger partial charge < -0.3 is 5.32 Å². The number of allylic oxidation sites excluding steroid dienone is 1. The van der Waals surface area contributed by atoms with Crippen LogP contribution in [0, 0.1) is 0 Å². The van der Waals surface area contributed by atoms with Gasteiger partial charge in [0.1, 0.15) is 0 Å². The van der Waals surface area contributed by atoms with E-state index in [2.05, 4.69) is 29.9 Å². The van der Waals surface area contributed by atoms with E-state index < -0.39 is 0 Å². The zero-order chi connectivity index (χ0) is 11.1. The molecular weight excluding hydrogens is 184 g/mol. The van der Waals surface area contributed by atoms with E-state index >= 15 is 0 Å². The first-order valence-electron chi connectivity index (χ1n) is 5.54. The van der Waals surface area contributed by atoms with Gasteiger partial charge in [-0.3, -0.25) is 4.98 Å². The van der Waals surface area contributed by atoms with E-state index in [0.29, 0.717) is 6.04 Å². The molecule has 0 aliphatic heterocycles. The third kappa shape index (κ3) is 3.17. The number of hydrogen-bond acceptors (Lipinski definition) is 2. The summed E-state index contributed by atoms with van der Waals surface area (Å²) in [6, 6.07) is 2.53. The summed E-state index contributed by atoms with van der Waals surface area (Å²) in [5.74, 6) is 0. The Hall–Kier alpha value is -1.15. The van der Waals surface area contributed by atoms with Gasteiger partial charge in [0.15, 0.2) is 0 Å². The van der Waals surface area contributed by atoms with Crippen molar-refractivity contribution < 1.29 is 0 Å². The summed E-state index contributed by atoms with van der Waals surface area (Å²) in [5, 5.41) is 3.35. The fourth-order valence-corrected chi connectivity index (χ4v) is 1.81. The van der Waals surface area contributed by atoms with Crippen LogP contribution in [-0.2, 0) is 6.42 Å². The number of nitrogens with one attached hydrogen (secondary N) is 1. The molecule has 2 nitrogen and oxygen atoms in total. The highest BCUT2D eigenvalue weighted by atomic mass is 14.9. The van der Waals surface area contributed by atoms with Gasteiger partial charge in [0.05, 0.1) is 0 Å². The maximum atomic E-state index is 4.17. The van der Waals surface area contributed by atoms with Crippen LogP contribution in [0.25, 0.3) is 0 Å². The molecule has 82 valence electrons. The van der Waals surface area contributed by atoms with Crippen molar-refractivity contribution >= 4 is 0 Å². The van der Waals surface area contributed by atoms with Gasteiger partial charge >= 0.3 is 0 Å². The second kappa shape index (κ2) is 6.36. The van der Waals surface area contributed by atoms with E-state index in [-0.39, 0.29) is 0 Å². The highest BCUT2D eigenvalue weighted by Gasteiger charge is 2.11. The van der Waals surface area contributed by atoms with Crippen LogP contribution < -0.4 is 5.32 Å². The molecule has 0 amide bonds. The first kappa shape index (κ1) is 11.9. The summed E-state index contributed by atoms with van der Waals surface area (Å²) >= 11 is 0. The van der Waals surface area contributed by atoms with Crippen molar-refractivity contribution in [3.63, 3.8) is 0 Å². The molecule has 0 aliphatic rings. The maximum Gasteiger partial charge on any atom is 0.0324 e. The number of hydrogen-bond donors (Lipinski definition) is 1. The Balaban J connectivity index is 2.84. The largest absolute Gasteiger partial charge is 0.313 e. The molecule has 1 aromatic rings. The van der Waals surface area contributed by atoms with Crippen LogP contribution in [-0.4, -0.2) is 12.0 Å². The highest BCUT2D eigenvalue weighted by Crippen LogP contribution is 2.21. The van der Waals surface area contributed by atoms with Crippen molar-refractivity contribution in [1.82, 2.24) is 10.3 Å². The second-order valence-electron chi connectivity index (χ2n) is 3.64. The van der Waals surface area contributed by atoms with Crippen LogP contribution in [0.15, 0.2) is 31.1 Å². The van der Waals surface area contributed by atoms with Gasteiger partial charge in [-0.1, -0.05) is 13.0 Å². The molecule has 0 aliphatic carbocycles. The lowest BCUT2D eigenvalue weighted by Gasteiger charge is -2.18. The highest BCUT2D eigenvalue weighted by molar-refractivity contribution is 5.26. The summed E-state index contributed by atoms with van der Waals surface area (Å²) in [7, 11) is 2.01. The number of nitrogens with zero attached hydrogens (tertiary/aromatic N) is 1. The Kier molecular flexibility index (Phi) is 5.05. The minimum atomic E-state index is 0.418. The predicted molar refractivity (Wildman–Crippen MR) is 64.8 cm³/mol. The average molecular weight is 204 g/mol. The zero-order valence-corrected chi connectivity index (χ0v) is 9.66. The third-order valence-corrected chi connectivity index (χ3v) is 2.71. The number of aromatic nitrogens is 1. The van der Waals surface area contributed by atoms with Crippen LogP contribution in [0.3, 0.4) is 0 Å². The van der Waals surface area contributed by atoms with Crippen molar-refractivity contribution in [3.8, 4) is 0 Å². The lowest BCUT2D eigenvalue weighted by Crippen LogP contribution is -2.17. The first-order chi connectivity index (χ1) is 7.33. The van der Waals surface area contributed by atoms with E-state index in [4.69, 9.17) is 0 Å². The van der Waals surface area contributed by atoms with E-state index in [9.17, 15) is 0 Å². The van der Waals surface area contributed by atoms with Gasteiger partial charge in [-0.15, -0.1) is 6.58 Å². The average Bonchev–Trinajstić information content (AvgIpc) is 2.30. The van der Waals surface area contributed by atoms with Crippen molar-refractivity contribution in [2.75, 3.05) is 7.05 Å². The minimum Gasteiger partial charge on any atom is -0.313 e. The van der Waals surface area contributed by atoms with Crippen molar-refractivity contribution in [2.24, 2.45) is 0 Å². The van der Waals surface area contributed by atoms with E-state index in [0.717, 1.165) is 19.3 Å². The van der Waals surface area contributed by atoms with Gasteiger partial charge in [0.25, 0.3) is 0 Å². The fraction of sp³-hybridized carbons (Fsp3) is 0.462. The summed E-state index contributed by atoms with van der Waals surface area (Å²) < 4.78 is 0. The SMILES string of the molecule is C=CCCC(NC)c1ccncc1CC. The Morgan fingerprint density at radius 3 is 3.00 bits per heavy atom. The molecule has 0 saturated carbocycles. The fourth-order valence-electron chi connectivity index (χ4n) is 1.81. The van der Waals surface area contributed by atoms with Crippen LogP contribution in [0.1, 0.15) is 36.9 Å². The molecule has 0 bridgehead atoms. The molecule has 0 fully saturated rings. The van der Waals surface area contributed by atoms with Crippen molar-refractivity contribution in [3.05, 3.63) is 42.2 Å². The van der Waals surface area contributed by atoms with Crippen LogP contribution >= 0.6 is 0 Å². The van der Waals surface area contributed by atoms with Crippen LogP contribution in [0.4, 0.5) is 0 Å². The summed E-state index contributed by atoms with van der Waals surface area (Å²) in [5.41, 5.74) is 2.71. The van der Waals surface area contributed by atoms with Crippen LogP contribution in [0.2, 0.25) is 0 Å². The summed E-state index contributed by atoms with van der Waals surface area (Å²) in [6.45, 7) is 5.93. The molecule has 1 atom stereocenters. The monoisotopic (exact) mass is 204 g/mol. The van der Waals surface area contributed by atoms with Gasteiger partial charge in [-0.05, 0) is 43.5 Å². The molecule has 0 aromatic carbocycles. The Morgan fingerprint density at radius 1 is 1.60 bits per heavy atom. The van der Waals surface area contributed by atoms with Crippen molar-refractivity contribution in [2.45, 2.75) is 32.2 Å².